The van der Waals surface area contributed by atoms with Gasteiger partial charge in [-0.3, -0.25) is 0 Å². The van der Waals surface area contributed by atoms with Crippen molar-refractivity contribution in [3.63, 3.8) is 0 Å². The summed E-state index contributed by atoms with van der Waals surface area (Å²) in [5.74, 6) is 7.50. The third kappa shape index (κ3) is 3.19. The average Bonchev–Trinajstić information content (AvgIpc) is 3.40. The van der Waals surface area contributed by atoms with Crippen LogP contribution in [0.25, 0.3) is 0 Å². The molecule has 1 saturated heterocycles. The Balaban J connectivity index is 1.14. The highest BCUT2D eigenvalue weighted by Crippen LogP contribution is 2.52. The predicted molar refractivity (Wildman–Crippen MR) is 98.8 cm³/mol. The van der Waals surface area contributed by atoms with Crippen molar-refractivity contribution >= 4 is 0 Å². The van der Waals surface area contributed by atoms with Crippen molar-refractivity contribution in [2.75, 3.05) is 0 Å². The molecule has 1 nitrogen and oxygen atoms in total. The van der Waals surface area contributed by atoms with E-state index >= 15 is 0 Å². The molecule has 7 atom stereocenters. The number of fused-ring (bicyclic) bond motifs is 2. The van der Waals surface area contributed by atoms with E-state index in [4.69, 9.17) is 4.74 Å². The van der Waals surface area contributed by atoms with Gasteiger partial charge in [0.1, 0.15) is 0 Å². The van der Waals surface area contributed by atoms with E-state index in [0.717, 1.165) is 41.4 Å². The second-order valence-electron chi connectivity index (χ2n) is 10.5. The van der Waals surface area contributed by atoms with Crippen molar-refractivity contribution in [3.05, 3.63) is 0 Å². The van der Waals surface area contributed by atoms with Gasteiger partial charge in [-0.25, -0.2) is 0 Å². The maximum atomic E-state index is 5.79. The lowest BCUT2D eigenvalue weighted by Crippen LogP contribution is -2.36. The van der Waals surface area contributed by atoms with Gasteiger partial charge in [0.25, 0.3) is 0 Å². The molecule has 4 aliphatic carbocycles. The van der Waals surface area contributed by atoms with Gasteiger partial charge in [0.15, 0.2) is 0 Å². The second kappa shape index (κ2) is 6.60. The number of rotatable bonds is 2. The van der Waals surface area contributed by atoms with Gasteiger partial charge in [-0.15, -0.1) is 0 Å². The lowest BCUT2D eigenvalue weighted by Gasteiger charge is -2.46. The van der Waals surface area contributed by atoms with Crippen LogP contribution in [0.4, 0.5) is 0 Å². The van der Waals surface area contributed by atoms with Crippen LogP contribution in [0, 0.1) is 41.4 Å². The van der Waals surface area contributed by atoms with Gasteiger partial charge in [0.2, 0.25) is 0 Å². The monoisotopic (exact) mass is 330 g/mol. The fraction of sp³-hybridized carbons (Fsp3) is 1.00. The molecule has 1 aliphatic heterocycles. The molecule has 1 heteroatoms. The summed E-state index contributed by atoms with van der Waals surface area (Å²) in [7, 11) is 0. The first-order valence-corrected chi connectivity index (χ1v) is 11.4. The summed E-state index contributed by atoms with van der Waals surface area (Å²) in [5.41, 5.74) is 0. The van der Waals surface area contributed by atoms with E-state index in [1.54, 1.807) is 51.4 Å². The van der Waals surface area contributed by atoms with Gasteiger partial charge >= 0.3 is 0 Å². The Morgan fingerprint density at radius 1 is 0.458 bits per heavy atom. The molecular formula is C23H38O. The van der Waals surface area contributed by atoms with E-state index in [1.807, 2.05) is 0 Å². The van der Waals surface area contributed by atoms with Crippen LogP contribution >= 0.6 is 0 Å². The molecular weight excluding hydrogens is 292 g/mol. The summed E-state index contributed by atoms with van der Waals surface area (Å²) in [4.78, 5) is 0. The summed E-state index contributed by atoms with van der Waals surface area (Å²) >= 11 is 0. The minimum absolute atomic E-state index is 0.686. The number of ether oxygens (including phenoxy) is 1. The van der Waals surface area contributed by atoms with Crippen molar-refractivity contribution in [1.29, 1.82) is 0 Å². The van der Waals surface area contributed by atoms with Crippen LogP contribution in [0.15, 0.2) is 0 Å². The first-order valence-electron chi connectivity index (χ1n) is 11.4. The summed E-state index contributed by atoms with van der Waals surface area (Å²) < 4.78 is 5.79. The summed E-state index contributed by atoms with van der Waals surface area (Å²) in [6.45, 7) is 2.47. The molecule has 7 unspecified atom stereocenters. The number of epoxide rings is 1. The zero-order valence-corrected chi connectivity index (χ0v) is 15.8. The smallest absolute Gasteiger partial charge is 0.0844 e. The van der Waals surface area contributed by atoms with E-state index in [1.165, 1.54) is 32.1 Å². The first kappa shape index (κ1) is 16.2. The van der Waals surface area contributed by atoms with Crippen LogP contribution < -0.4 is 0 Å². The lowest BCUT2D eigenvalue weighted by molar-refractivity contribution is 0.0425. The Kier molecular flexibility index (Phi) is 4.44. The molecule has 0 aromatic heterocycles. The van der Waals surface area contributed by atoms with Gasteiger partial charge in [-0.2, -0.15) is 0 Å². The van der Waals surface area contributed by atoms with Crippen molar-refractivity contribution in [3.8, 4) is 0 Å². The molecule has 24 heavy (non-hydrogen) atoms. The van der Waals surface area contributed by atoms with Crippen molar-refractivity contribution in [1.82, 2.24) is 0 Å². The van der Waals surface area contributed by atoms with Crippen molar-refractivity contribution < 1.29 is 4.74 Å². The topological polar surface area (TPSA) is 12.5 Å². The fourth-order valence-electron chi connectivity index (χ4n) is 7.44. The van der Waals surface area contributed by atoms with Gasteiger partial charge in [-0.05, 0) is 112 Å². The molecule has 0 spiro atoms. The Hall–Kier alpha value is -0.0400. The minimum atomic E-state index is 0.686. The highest BCUT2D eigenvalue weighted by molar-refractivity contribution is 4.96. The summed E-state index contributed by atoms with van der Waals surface area (Å²) in [5, 5.41) is 0. The Bertz CT molecular complexity index is 437. The van der Waals surface area contributed by atoms with Crippen LogP contribution in [0.5, 0.6) is 0 Å². The van der Waals surface area contributed by atoms with Gasteiger partial charge in [-0.1, -0.05) is 19.8 Å². The van der Waals surface area contributed by atoms with Crippen LogP contribution in [0.1, 0.15) is 90.4 Å². The number of hydrogen-bond acceptors (Lipinski definition) is 1. The summed E-state index contributed by atoms with van der Waals surface area (Å²) in [6, 6.07) is 0. The van der Waals surface area contributed by atoms with Crippen molar-refractivity contribution in [2.45, 2.75) is 103 Å². The molecule has 0 amide bonds. The van der Waals surface area contributed by atoms with Crippen LogP contribution in [0.2, 0.25) is 0 Å². The van der Waals surface area contributed by atoms with E-state index in [0.29, 0.717) is 12.2 Å². The maximum absolute atomic E-state index is 5.79. The largest absolute Gasteiger partial charge is 0.370 e. The average molecular weight is 331 g/mol. The third-order valence-electron chi connectivity index (χ3n) is 9.13. The molecule has 1 heterocycles. The Labute approximate surface area is 149 Å². The normalized spacial score (nSPS) is 54.6. The number of hydrogen-bond donors (Lipinski definition) is 0. The molecule has 0 bridgehead atoms. The molecule has 0 N–H and O–H groups in total. The van der Waals surface area contributed by atoms with Gasteiger partial charge in [0.05, 0.1) is 12.2 Å². The predicted octanol–water partition coefficient (Wildman–Crippen LogP) is 6.21. The lowest BCUT2D eigenvalue weighted by atomic mass is 9.59. The third-order valence-corrected chi connectivity index (χ3v) is 9.13. The highest BCUT2D eigenvalue weighted by Gasteiger charge is 2.47. The van der Waals surface area contributed by atoms with Crippen LogP contribution in [0.3, 0.4) is 0 Å². The molecule has 5 aliphatic rings. The molecule has 5 fully saturated rings. The Morgan fingerprint density at radius 3 is 1.50 bits per heavy atom. The molecule has 5 rings (SSSR count). The van der Waals surface area contributed by atoms with Gasteiger partial charge in [0, 0.05) is 0 Å². The van der Waals surface area contributed by atoms with E-state index in [-0.39, 0.29) is 0 Å². The standard InChI is InChI=1S/C23H38O/c1-15-2-4-16(5-3-15)17-6-7-19-13-20(9-8-18(19)12-17)21-10-11-22-23(14-21)24-22/h15-23H,2-14H2,1H3. The summed E-state index contributed by atoms with van der Waals surface area (Å²) in [6.07, 6.45) is 21.2. The maximum Gasteiger partial charge on any atom is 0.0844 e. The zero-order chi connectivity index (χ0) is 16.1. The second-order valence-corrected chi connectivity index (χ2v) is 10.5. The SMILES string of the molecule is CC1CCC(C2CCC3CC(C4CCC5OC5C4)CCC3C2)CC1. The minimum Gasteiger partial charge on any atom is -0.370 e. The van der Waals surface area contributed by atoms with Gasteiger partial charge < -0.3 is 4.74 Å². The Morgan fingerprint density at radius 2 is 0.917 bits per heavy atom. The van der Waals surface area contributed by atoms with E-state index in [9.17, 15) is 0 Å². The van der Waals surface area contributed by atoms with Crippen LogP contribution in [-0.4, -0.2) is 12.2 Å². The molecule has 0 radical (unpaired) electrons. The fourth-order valence-corrected chi connectivity index (χ4v) is 7.44. The van der Waals surface area contributed by atoms with Crippen LogP contribution in [-0.2, 0) is 4.74 Å². The molecule has 0 aromatic rings. The molecule has 0 aromatic carbocycles. The molecule has 136 valence electrons. The van der Waals surface area contributed by atoms with Crippen molar-refractivity contribution in [2.24, 2.45) is 41.4 Å². The molecule has 4 saturated carbocycles. The first-order chi connectivity index (χ1) is 11.8. The zero-order valence-electron chi connectivity index (χ0n) is 15.8. The van der Waals surface area contributed by atoms with E-state index < -0.39 is 0 Å². The van der Waals surface area contributed by atoms with E-state index in [2.05, 4.69) is 6.92 Å². The quantitative estimate of drug-likeness (QED) is 0.548. The highest BCUT2D eigenvalue weighted by atomic mass is 16.6.